The first-order valence-corrected chi connectivity index (χ1v) is 5.42. The molecule has 8 nitrogen and oxygen atoms in total. The van der Waals surface area contributed by atoms with Gasteiger partial charge in [-0.15, -0.1) is 0 Å². The molecule has 1 fully saturated rings. The fourth-order valence-electron chi connectivity index (χ4n) is 2.01. The number of aliphatic hydroxyl groups excluding tert-OH is 2. The normalized spacial score (nSPS) is 38.6. The second-order valence-corrected chi connectivity index (χ2v) is 4.56. The van der Waals surface area contributed by atoms with Crippen LogP contribution in [0.2, 0.25) is 0 Å². The lowest BCUT2D eigenvalue weighted by molar-refractivity contribution is -0.207. The highest BCUT2D eigenvalue weighted by molar-refractivity contribution is 5.04. The molecule has 2 heterocycles. The second kappa shape index (κ2) is 4.23. The maximum Gasteiger partial charge on any atom is 0.330 e. The van der Waals surface area contributed by atoms with Gasteiger partial charge in [0.15, 0.2) is 6.23 Å². The highest BCUT2D eigenvalue weighted by atomic mass is 19.2. The lowest BCUT2D eigenvalue weighted by Crippen LogP contribution is -2.49. The first kappa shape index (κ1) is 13.9. The van der Waals surface area contributed by atoms with Crippen molar-refractivity contribution in [1.29, 1.82) is 0 Å². The molecule has 1 saturated heterocycles. The number of aliphatic hydroxyl groups is 3. The van der Waals surface area contributed by atoms with Crippen molar-refractivity contribution >= 4 is 0 Å². The Morgan fingerprint density at radius 2 is 2.21 bits per heavy atom. The summed E-state index contributed by atoms with van der Waals surface area (Å²) in [5.41, 5.74) is -3.78. The summed E-state index contributed by atoms with van der Waals surface area (Å²) in [7, 11) is 0. The summed E-state index contributed by atoms with van der Waals surface area (Å²) in [4.78, 5) is 24.4. The number of hydrogen-bond acceptors (Lipinski definition) is 6. The van der Waals surface area contributed by atoms with Crippen molar-refractivity contribution in [3.05, 3.63) is 33.1 Å². The molecule has 4 atom stereocenters. The van der Waals surface area contributed by atoms with E-state index in [2.05, 4.69) is 0 Å². The molecule has 1 aliphatic rings. The van der Waals surface area contributed by atoms with Crippen molar-refractivity contribution in [3.8, 4) is 0 Å². The molecule has 1 aromatic rings. The number of hydrogen-bond donors (Lipinski definition) is 4. The van der Waals surface area contributed by atoms with Crippen molar-refractivity contribution in [2.45, 2.75) is 30.7 Å². The van der Waals surface area contributed by atoms with Crippen LogP contribution >= 0.6 is 0 Å². The van der Waals surface area contributed by atoms with Gasteiger partial charge in [0.25, 0.3) is 11.4 Å². The van der Waals surface area contributed by atoms with Crippen LogP contribution in [0.3, 0.4) is 0 Å². The average molecular weight is 276 g/mol. The van der Waals surface area contributed by atoms with E-state index < -0.39 is 41.6 Å². The fraction of sp³-hybridized carbons (Fsp3) is 0.600. The summed E-state index contributed by atoms with van der Waals surface area (Å²) < 4.78 is 19.5. The van der Waals surface area contributed by atoms with Crippen LogP contribution in [0.15, 0.2) is 21.9 Å². The van der Waals surface area contributed by atoms with Gasteiger partial charge < -0.3 is 20.1 Å². The van der Waals surface area contributed by atoms with Crippen LogP contribution in [0.4, 0.5) is 4.39 Å². The fourth-order valence-corrected chi connectivity index (χ4v) is 2.01. The second-order valence-electron chi connectivity index (χ2n) is 4.56. The Kier molecular flexibility index (Phi) is 3.09. The molecule has 0 saturated carbocycles. The molecule has 9 heteroatoms. The maximum atomic E-state index is 14.0. The number of nitrogens with one attached hydrogen (secondary N) is 1. The van der Waals surface area contributed by atoms with E-state index in [-0.39, 0.29) is 0 Å². The van der Waals surface area contributed by atoms with Crippen molar-refractivity contribution in [2.24, 2.45) is 0 Å². The van der Waals surface area contributed by atoms with Crippen LogP contribution in [0.5, 0.6) is 0 Å². The van der Waals surface area contributed by atoms with Crippen molar-refractivity contribution in [3.63, 3.8) is 0 Å². The summed E-state index contributed by atoms with van der Waals surface area (Å²) in [6.07, 6.45) is -2.66. The third kappa shape index (κ3) is 2.00. The third-order valence-electron chi connectivity index (χ3n) is 3.09. The van der Waals surface area contributed by atoms with Gasteiger partial charge in [0.05, 0.1) is 0 Å². The van der Waals surface area contributed by atoms with E-state index in [9.17, 15) is 24.2 Å². The minimum absolute atomic E-state index is 0.673. The van der Waals surface area contributed by atoms with E-state index >= 15 is 0 Å². The van der Waals surface area contributed by atoms with Gasteiger partial charge in [-0.1, -0.05) is 0 Å². The Bertz CT molecular complexity index is 596. The van der Waals surface area contributed by atoms with Crippen LogP contribution in [0, 0.1) is 0 Å². The summed E-state index contributed by atoms with van der Waals surface area (Å²) in [5, 5.41) is 28.6. The number of alkyl halides is 1. The maximum absolute atomic E-state index is 14.0. The van der Waals surface area contributed by atoms with Gasteiger partial charge in [-0.2, -0.15) is 0 Å². The molecule has 106 valence electrons. The van der Waals surface area contributed by atoms with Crippen molar-refractivity contribution in [1.82, 2.24) is 9.55 Å². The number of rotatable bonds is 2. The lowest BCUT2D eigenvalue weighted by Gasteiger charge is -2.27. The number of aromatic amines is 1. The van der Waals surface area contributed by atoms with Gasteiger partial charge in [0.1, 0.15) is 18.3 Å². The Balaban J connectivity index is 2.51. The first-order valence-electron chi connectivity index (χ1n) is 5.42. The predicted molar refractivity (Wildman–Crippen MR) is 59.0 cm³/mol. The smallest absolute Gasteiger partial charge is 0.330 e. The zero-order chi connectivity index (χ0) is 14.4. The van der Waals surface area contributed by atoms with Crippen molar-refractivity contribution in [2.75, 3.05) is 6.61 Å². The Morgan fingerprint density at radius 1 is 1.58 bits per heavy atom. The van der Waals surface area contributed by atoms with Crippen molar-refractivity contribution < 1.29 is 24.4 Å². The highest BCUT2D eigenvalue weighted by Gasteiger charge is 2.62. The molecule has 1 aliphatic heterocycles. The molecule has 0 bridgehead atoms. The van der Waals surface area contributed by atoms with Crippen LogP contribution in [0.1, 0.15) is 13.2 Å². The van der Waals surface area contributed by atoms with Gasteiger partial charge in [0.2, 0.25) is 0 Å². The number of H-pyrrole nitrogens is 1. The van der Waals surface area contributed by atoms with Crippen LogP contribution in [-0.4, -0.2) is 49.0 Å². The Morgan fingerprint density at radius 3 is 2.68 bits per heavy atom. The topological polar surface area (TPSA) is 125 Å². The number of halogens is 1. The van der Waals surface area contributed by atoms with Gasteiger partial charge >= 0.3 is 5.69 Å². The van der Waals surface area contributed by atoms with E-state index in [1.54, 1.807) is 0 Å². The Labute approximate surface area is 105 Å². The number of ether oxygens (including phenoxy) is 1. The zero-order valence-corrected chi connectivity index (χ0v) is 9.91. The van der Waals surface area contributed by atoms with Crippen LogP contribution in [0.25, 0.3) is 0 Å². The predicted octanol–water partition coefficient (Wildman–Crippen LogP) is -2.16. The molecular weight excluding hydrogens is 263 g/mol. The highest BCUT2D eigenvalue weighted by Crippen LogP contribution is 2.44. The van der Waals surface area contributed by atoms with E-state index in [0.717, 1.165) is 23.8 Å². The molecule has 0 spiro atoms. The van der Waals surface area contributed by atoms with Gasteiger partial charge in [0, 0.05) is 12.3 Å². The summed E-state index contributed by atoms with van der Waals surface area (Å²) in [6.45, 7) is -0.143. The summed E-state index contributed by atoms with van der Waals surface area (Å²) in [5.74, 6) is -2.90. The number of aromatic nitrogens is 2. The molecule has 1 aromatic heterocycles. The van der Waals surface area contributed by atoms with E-state index in [0.29, 0.717) is 0 Å². The van der Waals surface area contributed by atoms with E-state index in [1.165, 1.54) is 0 Å². The standard InChI is InChI=1S/C10H13FN2O6/c1-9(18)6(16)10(11,4-14)19-7(9)13-3-2-5(15)12-8(13)17/h2-3,6-7,14,16,18H,4H2,1H3,(H,12,15,17)/t6-,7-,9?,10-/m1/s1. The minimum Gasteiger partial charge on any atom is -0.390 e. The summed E-state index contributed by atoms with van der Waals surface area (Å²) >= 11 is 0. The molecule has 19 heavy (non-hydrogen) atoms. The molecule has 0 aromatic carbocycles. The first-order chi connectivity index (χ1) is 8.72. The molecule has 4 N–H and O–H groups in total. The largest absolute Gasteiger partial charge is 0.390 e. The van der Waals surface area contributed by atoms with E-state index in [1.807, 2.05) is 4.98 Å². The minimum atomic E-state index is -2.90. The number of nitrogens with zero attached hydrogens (tertiary/aromatic N) is 1. The van der Waals surface area contributed by atoms with E-state index in [4.69, 9.17) is 9.84 Å². The average Bonchev–Trinajstić information content (AvgIpc) is 2.51. The lowest BCUT2D eigenvalue weighted by atomic mass is 9.95. The quantitative estimate of drug-likeness (QED) is 0.487. The van der Waals surface area contributed by atoms with Gasteiger partial charge in [-0.05, 0) is 6.92 Å². The van der Waals surface area contributed by atoms with Gasteiger partial charge in [-0.3, -0.25) is 14.3 Å². The molecule has 0 radical (unpaired) electrons. The van der Waals surface area contributed by atoms with Crippen LogP contribution < -0.4 is 11.2 Å². The SMILES string of the molecule is CC1(O)[C@@H](O)[C@@](F)(CO)O[C@H]1n1ccc(=O)[nH]c1=O. The van der Waals surface area contributed by atoms with Crippen LogP contribution in [-0.2, 0) is 4.74 Å². The molecule has 1 unspecified atom stereocenters. The summed E-state index contributed by atoms with van der Waals surface area (Å²) in [6, 6.07) is 0.977. The Hall–Kier alpha value is -1.55. The molecule has 2 rings (SSSR count). The molecule has 0 aliphatic carbocycles. The molecular formula is C10H13FN2O6. The third-order valence-corrected chi connectivity index (χ3v) is 3.09. The van der Waals surface area contributed by atoms with Gasteiger partial charge in [-0.25, -0.2) is 9.18 Å². The monoisotopic (exact) mass is 276 g/mol. The molecule has 0 amide bonds. The zero-order valence-electron chi connectivity index (χ0n) is 9.91.